The van der Waals surface area contributed by atoms with Gasteiger partial charge in [0.25, 0.3) is 0 Å². The predicted octanol–water partition coefficient (Wildman–Crippen LogP) is 2.73. The third-order valence-corrected chi connectivity index (χ3v) is 2.86. The van der Waals surface area contributed by atoms with E-state index in [9.17, 15) is 13.2 Å². The normalized spacial score (nSPS) is 27.0. The molecule has 2 unspecified atom stereocenters. The van der Waals surface area contributed by atoms with Crippen molar-refractivity contribution in [1.82, 2.24) is 5.32 Å². The van der Waals surface area contributed by atoms with Crippen LogP contribution in [0.15, 0.2) is 0 Å². The van der Waals surface area contributed by atoms with Crippen LogP contribution in [0, 0.1) is 5.92 Å². The molecule has 1 fully saturated rings. The summed E-state index contributed by atoms with van der Waals surface area (Å²) in [6.07, 6.45) is -0.277. The maximum absolute atomic E-state index is 11.8. The van der Waals surface area contributed by atoms with E-state index in [-0.39, 0.29) is 6.61 Å². The van der Waals surface area contributed by atoms with Gasteiger partial charge < -0.3 is 10.1 Å². The van der Waals surface area contributed by atoms with E-state index < -0.39 is 12.8 Å². The predicted molar refractivity (Wildman–Crippen MR) is 56.3 cm³/mol. The summed E-state index contributed by atoms with van der Waals surface area (Å²) in [5, 5.41) is 3.38. The van der Waals surface area contributed by atoms with Crippen LogP contribution in [0.25, 0.3) is 0 Å². The highest BCUT2D eigenvalue weighted by molar-refractivity contribution is 4.75. The van der Waals surface area contributed by atoms with E-state index in [0.29, 0.717) is 12.5 Å². The molecule has 0 saturated carbocycles. The van der Waals surface area contributed by atoms with E-state index in [1.807, 2.05) is 0 Å². The number of nitrogens with one attached hydrogen (secondary N) is 1. The fourth-order valence-corrected chi connectivity index (χ4v) is 2.06. The van der Waals surface area contributed by atoms with Gasteiger partial charge in [-0.2, -0.15) is 13.2 Å². The molecule has 1 N–H and O–H groups in total. The van der Waals surface area contributed by atoms with Gasteiger partial charge >= 0.3 is 6.18 Å². The molecule has 0 aromatic rings. The molecule has 1 heterocycles. The Morgan fingerprint density at radius 1 is 1.38 bits per heavy atom. The van der Waals surface area contributed by atoms with Crippen molar-refractivity contribution in [2.45, 2.75) is 44.8 Å². The van der Waals surface area contributed by atoms with Crippen molar-refractivity contribution < 1.29 is 17.9 Å². The minimum Gasteiger partial charge on any atom is -0.372 e. The number of hydrogen-bond donors (Lipinski definition) is 1. The SMILES string of the molecule is CC1CCNC(CCCOCC(F)(F)F)C1. The quantitative estimate of drug-likeness (QED) is 0.745. The lowest BCUT2D eigenvalue weighted by Crippen LogP contribution is -2.37. The summed E-state index contributed by atoms with van der Waals surface area (Å²) in [4.78, 5) is 0. The van der Waals surface area contributed by atoms with Crippen LogP contribution in [-0.4, -0.2) is 32.0 Å². The molecule has 0 aliphatic carbocycles. The first-order valence-electron chi connectivity index (χ1n) is 5.85. The summed E-state index contributed by atoms with van der Waals surface area (Å²) in [6, 6.07) is 0.457. The Hall–Kier alpha value is -0.290. The Kier molecular flexibility index (Phi) is 5.55. The van der Waals surface area contributed by atoms with Gasteiger partial charge in [0, 0.05) is 12.6 Å². The van der Waals surface area contributed by atoms with Crippen LogP contribution in [0.4, 0.5) is 13.2 Å². The van der Waals surface area contributed by atoms with Crippen LogP contribution in [0.2, 0.25) is 0 Å². The van der Waals surface area contributed by atoms with Crippen LogP contribution < -0.4 is 5.32 Å². The average Bonchev–Trinajstić information content (AvgIpc) is 2.15. The third-order valence-electron chi connectivity index (χ3n) is 2.86. The van der Waals surface area contributed by atoms with Gasteiger partial charge in [0.05, 0.1) is 0 Å². The molecule has 0 spiro atoms. The molecule has 16 heavy (non-hydrogen) atoms. The van der Waals surface area contributed by atoms with E-state index in [4.69, 9.17) is 0 Å². The molecule has 1 rings (SSSR count). The molecule has 2 atom stereocenters. The van der Waals surface area contributed by atoms with Crippen molar-refractivity contribution >= 4 is 0 Å². The largest absolute Gasteiger partial charge is 0.411 e. The molecule has 96 valence electrons. The first-order valence-corrected chi connectivity index (χ1v) is 5.85. The van der Waals surface area contributed by atoms with Crippen LogP contribution >= 0.6 is 0 Å². The van der Waals surface area contributed by atoms with Gasteiger partial charge in [-0.15, -0.1) is 0 Å². The molecule has 2 nitrogen and oxygen atoms in total. The van der Waals surface area contributed by atoms with E-state index in [1.54, 1.807) is 0 Å². The van der Waals surface area contributed by atoms with E-state index in [1.165, 1.54) is 6.42 Å². The molecular weight excluding hydrogens is 219 g/mol. The van der Waals surface area contributed by atoms with Gasteiger partial charge in [0.1, 0.15) is 6.61 Å². The standard InChI is InChI=1S/C11H20F3NO/c1-9-4-5-15-10(7-9)3-2-6-16-8-11(12,13)14/h9-10,15H,2-8H2,1H3. The number of rotatable bonds is 5. The fourth-order valence-electron chi connectivity index (χ4n) is 2.06. The third kappa shape index (κ3) is 6.33. The van der Waals surface area contributed by atoms with Gasteiger partial charge in [-0.1, -0.05) is 6.92 Å². The van der Waals surface area contributed by atoms with Crippen molar-refractivity contribution in [3.05, 3.63) is 0 Å². The summed E-state index contributed by atoms with van der Waals surface area (Å²) < 4.78 is 39.8. The smallest absolute Gasteiger partial charge is 0.372 e. The molecule has 0 aromatic heterocycles. The number of piperidine rings is 1. The number of halogens is 3. The second-order valence-electron chi connectivity index (χ2n) is 4.59. The Bertz CT molecular complexity index is 196. The zero-order valence-electron chi connectivity index (χ0n) is 9.65. The van der Waals surface area contributed by atoms with Gasteiger partial charge in [0.2, 0.25) is 0 Å². The summed E-state index contributed by atoms with van der Waals surface area (Å²) in [7, 11) is 0. The zero-order chi connectivity index (χ0) is 12.0. The Morgan fingerprint density at radius 2 is 2.12 bits per heavy atom. The Morgan fingerprint density at radius 3 is 2.75 bits per heavy atom. The highest BCUT2D eigenvalue weighted by Gasteiger charge is 2.27. The topological polar surface area (TPSA) is 21.3 Å². The Labute approximate surface area is 94.5 Å². The maximum Gasteiger partial charge on any atom is 0.411 e. The lowest BCUT2D eigenvalue weighted by molar-refractivity contribution is -0.174. The van der Waals surface area contributed by atoms with Crippen molar-refractivity contribution in [1.29, 1.82) is 0 Å². The average molecular weight is 239 g/mol. The lowest BCUT2D eigenvalue weighted by atomic mass is 9.92. The molecule has 1 aliphatic rings. The number of ether oxygens (including phenoxy) is 1. The second-order valence-corrected chi connectivity index (χ2v) is 4.59. The van der Waals surface area contributed by atoms with E-state index in [2.05, 4.69) is 17.0 Å². The molecule has 0 amide bonds. The van der Waals surface area contributed by atoms with E-state index >= 15 is 0 Å². The van der Waals surface area contributed by atoms with Gasteiger partial charge in [-0.05, 0) is 38.1 Å². The second kappa shape index (κ2) is 6.45. The highest BCUT2D eigenvalue weighted by Crippen LogP contribution is 2.18. The minimum atomic E-state index is -4.20. The van der Waals surface area contributed by atoms with Gasteiger partial charge in [-0.3, -0.25) is 0 Å². The molecule has 5 heteroatoms. The van der Waals surface area contributed by atoms with Crippen molar-refractivity contribution in [3.63, 3.8) is 0 Å². The molecular formula is C11H20F3NO. The van der Waals surface area contributed by atoms with E-state index in [0.717, 1.165) is 25.3 Å². The first kappa shape index (κ1) is 13.8. The van der Waals surface area contributed by atoms with Crippen LogP contribution in [-0.2, 0) is 4.74 Å². The molecule has 0 aromatic carbocycles. The van der Waals surface area contributed by atoms with Crippen LogP contribution in [0.1, 0.15) is 32.6 Å². The highest BCUT2D eigenvalue weighted by atomic mass is 19.4. The number of alkyl halides is 3. The van der Waals surface area contributed by atoms with Crippen molar-refractivity contribution in [2.75, 3.05) is 19.8 Å². The maximum atomic E-state index is 11.8. The molecule has 0 bridgehead atoms. The molecule has 1 aliphatic heterocycles. The van der Waals surface area contributed by atoms with Crippen molar-refractivity contribution in [2.24, 2.45) is 5.92 Å². The number of hydrogen-bond acceptors (Lipinski definition) is 2. The molecule has 0 radical (unpaired) electrons. The minimum absolute atomic E-state index is 0.200. The summed E-state index contributed by atoms with van der Waals surface area (Å²) in [6.45, 7) is 2.32. The van der Waals surface area contributed by atoms with Gasteiger partial charge in [0.15, 0.2) is 0 Å². The van der Waals surface area contributed by atoms with Crippen LogP contribution in [0.5, 0.6) is 0 Å². The fraction of sp³-hybridized carbons (Fsp3) is 1.00. The Balaban J connectivity index is 1.98. The monoisotopic (exact) mass is 239 g/mol. The van der Waals surface area contributed by atoms with Gasteiger partial charge in [-0.25, -0.2) is 0 Å². The zero-order valence-corrected chi connectivity index (χ0v) is 9.65. The summed E-state index contributed by atoms with van der Waals surface area (Å²) in [5.74, 6) is 0.724. The lowest BCUT2D eigenvalue weighted by Gasteiger charge is -2.28. The summed E-state index contributed by atoms with van der Waals surface area (Å²) in [5.41, 5.74) is 0. The van der Waals surface area contributed by atoms with Crippen molar-refractivity contribution in [3.8, 4) is 0 Å². The van der Waals surface area contributed by atoms with Crippen LogP contribution in [0.3, 0.4) is 0 Å². The molecule has 1 saturated heterocycles. The summed E-state index contributed by atoms with van der Waals surface area (Å²) >= 11 is 0. The first-order chi connectivity index (χ1) is 7.47.